The lowest BCUT2D eigenvalue weighted by Gasteiger charge is -2.37. The highest BCUT2D eigenvalue weighted by Gasteiger charge is 2.47. The van der Waals surface area contributed by atoms with Crippen LogP contribution in [-0.4, -0.2) is 48.1 Å². The van der Waals surface area contributed by atoms with Crippen molar-refractivity contribution in [3.05, 3.63) is 33.1 Å². The number of rotatable bonds is 8. The summed E-state index contributed by atoms with van der Waals surface area (Å²) in [5.74, 6) is -0.439. The first-order valence-corrected chi connectivity index (χ1v) is 11.3. The van der Waals surface area contributed by atoms with Crippen LogP contribution in [0.4, 0.5) is 0 Å². The Kier molecular flexibility index (Phi) is 7.10. The van der Waals surface area contributed by atoms with Gasteiger partial charge in [0.2, 0.25) is 0 Å². The first kappa shape index (κ1) is 23.0. The fourth-order valence-electron chi connectivity index (χ4n) is 3.83. The Hall–Kier alpha value is -1.25. The largest absolute Gasteiger partial charge is 0.390 e. The van der Waals surface area contributed by atoms with Crippen molar-refractivity contribution in [1.82, 2.24) is 9.55 Å². The molecule has 4 N–H and O–H groups in total. The van der Waals surface area contributed by atoms with Gasteiger partial charge in [-0.25, -0.2) is 4.79 Å². The molecule has 5 atom stereocenters. The Balaban J connectivity index is 2.27. The molecule has 0 aliphatic heterocycles. The third kappa shape index (κ3) is 4.66. The maximum absolute atomic E-state index is 12.5. The van der Waals surface area contributed by atoms with Crippen molar-refractivity contribution >= 4 is 7.60 Å². The molecular formula is C18H31N2O7P. The van der Waals surface area contributed by atoms with E-state index < -0.39 is 54.3 Å². The van der Waals surface area contributed by atoms with Crippen LogP contribution in [0.3, 0.4) is 0 Å². The molecule has 160 valence electrons. The fraction of sp³-hybridized carbons (Fsp3) is 0.778. The van der Waals surface area contributed by atoms with Crippen LogP contribution in [0.5, 0.6) is 0 Å². The quantitative estimate of drug-likeness (QED) is 0.467. The number of aromatic amines is 1. The van der Waals surface area contributed by atoms with E-state index in [4.69, 9.17) is 4.52 Å². The summed E-state index contributed by atoms with van der Waals surface area (Å²) in [5, 5.41) is 21.1. The third-order valence-electron chi connectivity index (χ3n) is 5.88. The van der Waals surface area contributed by atoms with Gasteiger partial charge in [-0.15, -0.1) is 0 Å². The molecule has 5 unspecified atom stereocenters. The summed E-state index contributed by atoms with van der Waals surface area (Å²) in [6.45, 7) is 6.93. The molecule has 0 amide bonds. The lowest BCUT2D eigenvalue weighted by atomic mass is 9.84. The van der Waals surface area contributed by atoms with E-state index in [9.17, 15) is 29.3 Å². The van der Waals surface area contributed by atoms with Crippen molar-refractivity contribution in [2.24, 2.45) is 5.92 Å². The summed E-state index contributed by atoms with van der Waals surface area (Å²) in [5.41, 5.74) is -2.68. The molecule has 1 aromatic heterocycles. The van der Waals surface area contributed by atoms with Crippen LogP contribution in [0.2, 0.25) is 0 Å². The molecule has 1 aromatic rings. The fourth-order valence-corrected chi connectivity index (χ4v) is 4.93. The summed E-state index contributed by atoms with van der Waals surface area (Å²) in [6.07, 6.45) is 0.440. The molecule has 0 radical (unpaired) electrons. The predicted octanol–water partition coefficient (Wildman–Crippen LogP) is 1.38. The minimum atomic E-state index is -3.84. The van der Waals surface area contributed by atoms with Crippen LogP contribution in [0.15, 0.2) is 21.9 Å². The topological polar surface area (TPSA) is 142 Å². The molecule has 2 rings (SSSR count). The summed E-state index contributed by atoms with van der Waals surface area (Å²) in [7, 11) is -3.84. The van der Waals surface area contributed by atoms with E-state index in [1.807, 2.05) is 13.8 Å². The van der Waals surface area contributed by atoms with Gasteiger partial charge < -0.3 is 19.6 Å². The second-order valence-electron chi connectivity index (χ2n) is 7.91. The molecule has 28 heavy (non-hydrogen) atoms. The zero-order valence-electron chi connectivity index (χ0n) is 16.7. The van der Waals surface area contributed by atoms with E-state index in [2.05, 4.69) is 4.98 Å². The van der Waals surface area contributed by atoms with Crippen LogP contribution in [0, 0.1) is 5.92 Å². The molecule has 1 aliphatic carbocycles. The highest BCUT2D eigenvalue weighted by molar-refractivity contribution is 7.53. The summed E-state index contributed by atoms with van der Waals surface area (Å²) < 4.78 is 19.4. The van der Waals surface area contributed by atoms with Gasteiger partial charge in [-0.05, 0) is 31.6 Å². The molecule has 0 aromatic carbocycles. The van der Waals surface area contributed by atoms with E-state index >= 15 is 0 Å². The highest BCUT2D eigenvalue weighted by atomic mass is 31.2. The Morgan fingerprint density at radius 3 is 2.39 bits per heavy atom. The second-order valence-corrected chi connectivity index (χ2v) is 10.2. The maximum atomic E-state index is 12.5. The molecule has 1 fully saturated rings. The summed E-state index contributed by atoms with van der Waals surface area (Å²) in [4.78, 5) is 35.7. The van der Waals surface area contributed by atoms with Gasteiger partial charge in [0.25, 0.3) is 5.56 Å². The van der Waals surface area contributed by atoms with Gasteiger partial charge in [-0.1, -0.05) is 27.7 Å². The number of nitrogens with zero attached hydrogens (tertiary/aromatic N) is 1. The van der Waals surface area contributed by atoms with Crippen molar-refractivity contribution in [3.63, 3.8) is 0 Å². The van der Waals surface area contributed by atoms with Crippen molar-refractivity contribution in [2.45, 2.75) is 82.9 Å². The van der Waals surface area contributed by atoms with Crippen molar-refractivity contribution < 1.29 is 24.2 Å². The molecule has 10 heteroatoms. The normalized spacial score (nSPS) is 27.9. The molecule has 9 nitrogen and oxygen atoms in total. The third-order valence-corrected chi connectivity index (χ3v) is 7.83. The number of hydrogen-bond donors (Lipinski definition) is 4. The van der Waals surface area contributed by atoms with Gasteiger partial charge in [0.1, 0.15) is 6.10 Å². The van der Waals surface area contributed by atoms with Crippen LogP contribution >= 0.6 is 7.60 Å². The number of aliphatic hydroxyl groups is 2. The van der Waals surface area contributed by atoms with Gasteiger partial charge >= 0.3 is 13.3 Å². The van der Waals surface area contributed by atoms with Gasteiger partial charge in [-0.2, -0.15) is 0 Å². The van der Waals surface area contributed by atoms with Gasteiger partial charge in [-0.3, -0.25) is 18.9 Å². The van der Waals surface area contributed by atoms with Crippen LogP contribution in [0.1, 0.15) is 59.4 Å². The zero-order chi connectivity index (χ0) is 21.3. The summed E-state index contributed by atoms with van der Waals surface area (Å²) >= 11 is 0. The van der Waals surface area contributed by atoms with Gasteiger partial charge in [0, 0.05) is 12.3 Å². The Bertz CT molecular complexity index is 830. The van der Waals surface area contributed by atoms with Crippen molar-refractivity contribution in [3.8, 4) is 0 Å². The average Bonchev–Trinajstić information content (AvgIpc) is 2.89. The van der Waals surface area contributed by atoms with Crippen LogP contribution in [-0.2, 0) is 9.09 Å². The zero-order valence-corrected chi connectivity index (χ0v) is 17.6. The minimum Gasteiger partial charge on any atom is -0.390 e. The Labute approximate surface area is 163 Å². The molecular weight excluding hydrogens is 387 g/mol. The molecule has 1 saturated carbocycles. The molecule has 0 saturated heterocycles. The van der Waals surface area contributed by atoms with E-state index in [1.54, 1.807) is 13.8 Å². The van der Waals surface area contributed by atoms with E-state index in [-0.39, 0.29) is 12.8 Å². The Morgan fingerprint density at radius 2 is 1.89 bits per heavy atom. The van der Waals surface area contributed by atoms with Crippen molar-refractivity contribution in [2.75, 3.05) is 0 Å². The van der Waals surface area contributed by atoms with E-state index in [0.717, 1.165) is 0 Å². The SMILES string of the molecule is CCC(CC)(CC1CC(n2ccc(=O)[nH]c2=O)C(O)C1O)OP(=O)(O)C(C)C. The monoisotopic (exact) mass is 418 g/mol. The van der Waals surface area contributed by atoms with E-state index in [1.165, 1.54) is 16.8 Å². The maximum Gasteiger partial charge on any atom is 0.331 e. The lowest BCUT2D eigenvalue weighted by molar-refractivity contribution is -0.0269. The molecule has 1 aliphatic rings. The number of aliphatic hydroxyl groups excluding tert-OH is 2. The first-order chi connectivity index (χ1) is 13.0. The van der Waals surface area contributed by atoms with Gasteiger partial charge in [0.05, 0.1) is 23.4 Å². The first-order valence-electron chi connectivity index (χ1n) is 9.67. The lowest BCUT2D eigenvalue weighted by Crippen LogP contribution is -2.38. The number of nitrogens with one attached hydrogen (secondary N) is 1. The summed E-state index contributed by atoms with van der Waals surface area (Å²) in [6, 6.07) is 0.478. The minimum absolute atomic E-state index is 0.268. The number of hydrogen-bond acceptors (Lipinski definition) is 6. The van der Waals surface area contributed by atoms with Gasteiger partial charge in [0.15, 0.2) is 0 Å². The predicted molar refractivity (Wildman–Crippen MR) is 104 cm³/mol. The average molecular weight is 418 g/mol. The van der Waals surface area contributed by atoms with Crippen LogP contribution in [0.25, 0.3) is 0 Å². The highest BCUT2D eigenvalue weighted by Crippen LogP contribution is 2.54. The smallest absolute Gasteiger partial charge is 0.331 e. The standard InChI is InChI=1S/C18H31N2O7P/c1-5-18(6-2,27-28(25,26)11(3)4)10-12-9-13(16(23)15(12)22)20-8-7-14(21)19-17(20)24/h7-8,11-13,15-16,22-23H,5-6,9-10H2,1-4H3,(H,25,26)(H,19,21,24). The molecule has 0 bridgehead atoms. The van der Waals surface area contributed by atoms with Crippen LogP contribution < -0.4 is 11.2 Å². The molecule has 0 spiro atoms. The van der Waals surface area contributed by atoms with Crippen molar-refractivity contribution in [1.29, 1.82) is 0 Å². The second kappa shape index (κ2) is 8.63. The Morgan fingerprint density at radius 1 is 1.29 bits per heavy atom. The number of H-pyrrole nitrogens is 1. The number of aromatic nitrogens is 2. The molecule has 1 heterocycles. The van der Waals surface area contributed by atoms with E-state index in [0.29, 0.717) is 12.8 Å².